The summed E-state index contributed by atoms with van der Waals surface area (Å²) < 4.78 is 5.89. The van der Waals surface area contributed by atoms with E-state index in [0.29, 0.717) is 18.4 Å². The second-order valence-corrected chi connectivity index (χ2v) is 14.3. The van der Waals surface area contributed by atoms with Crippen molar-refractivity contribution in [3.63, 3.8) is 0 Å². The number of aliphatic hydroxyl groups excluding tert-OH is 2. The number of benzene rings is 1. The first-order valence-corrected chi connectivity index (χ1v) is 18.3. The number of ether oxygens (including phenoxy) is 1. The van der Waals surface area contributed by atoms with Crippen LogP contribution in [0.1, 0.15) is 98.5 Å². The molecule has 15 heteroatoms. The summed E-state index contributed by atoms with van der Waals surface area (Å²) in [5.41, 5.74) is 0.533. The number of phenolic OH excluding ortho intramolecular Hbond substituents is 1. The lowest BCUT2D eigenvalue weighted by Gasteiger charge is -2.28. The van der Waals surface area contributed by atoms with Gasteiger partial charge in [0.15, 0.2) is 0 Å². The SMILES string of the molecule is CCCCCCCC1CC(=O)NC(CC(C)C)C(=O)NC(CO)C(=O)NC(C(C)O)C(=O)NC(Cc2ccc(O)cc2)C(=O)NC(C(C)C)C(=O)O1. The minimum Gasteiger partial charge on any atom is -0.508 e. The number of carbonyl (C=O) groups excluding carboxylic acids is 6. The molecule has 1 aromatic carbocycles. The fourth-order valence-corrected chi connectivity index (χ4v) is 5.79. The largest absolute Gasteiger partial charge is 0.508 e. The van der Waals surface area contributed by atoms with Gasteiger partial charge in [-0.25, -0.2) is 4.79 Å². The molecule has 15 nitrogen and oxygen atoms in total. The summed E-state index contributed by atoms with van der Waals surface area (Å²) in [7, 11) is 0. The molecule has 1 saturated heterocycles. The Hall–Kier alpha value is -4.24. The van der Waals surface area contributed by atoms with E-state index in [1.165, 1.54) is 19.1 Å². The van der Waals surface area contributed by atoms with Gasteiger partial charge < -0.3 is 46.6 Å². The zero-order valence-corrected chi connectivity index (χ0v) is 31.3. The molecule has 2 rings (SSSR count). The zero-order chi connectivity index (χ0) is 39.0. The van der Waals surface area contributed by atoms with Gasteiger partial charge in [0, 0.05) is 6.42 Å². The van der Waals surface area contributed by atoms with Crippen molar-refractivity contribution in [3.8, 4) is 5.75 Å². The Morgan fingerprint density at radius 3 is 1.88 bits per heavy atom. The van der Waals surface area contributed by atoms with Crippen LogP contribution in [0.25, 0.3) is 0 Å². The summed E-state index contributed by atoms with van der Waals surface area (Å²) in [4.78, 5) is 81.3. The molecular weight excluding hydrogens is 674 g/mol. The van der Waals surface area contributed by atoms with Crippen LogP contribution in [0, 0.1) is 11.8 Å². The number of rotatable bonds is 13. The van der Waals surface area contributed by atoms with Gasteiger partial charge in [-0.1, -0.05) is 72.4 Å². The molecule has 0 saturated carbocycles. The minimum atomic E-state index is -1.63. The summed E-state index contributed by atoms with van der Waals surface area (Å²) >= 11 is 0. The normalized spacial score (nSPS) is 25.1. The number of cyclic esters (lactones) is 1. The van der Waals surface area contributed by atoms with Crippen LogP contribution < -0.4 is 26.6 Å². The molecule has 0 bridgehead atoms. The number of nitrogens with one attached hydrogen (secondary N) is 5. The van der Waals surface area contributed by atoms with E-state index >= 15 is 0 Å². The third-order valence-electron chi connectivity index (χ3n) is 8.79. The lowest BCUT2D eigenvalue weighted by atomic mass is 10.0. The molecule has 1 aliphatic rings. The number of hydrogen-bond donors (Lipinski definition) is 8. The van der Waals surface area contributed by atoms with Crippen molar-refractivity contribution in [1.29, 1.82) is 0 Å². The van der Waals surface area contributed by atoms with Crippen LogP contribution >= 0.6 is 0 Å². The van der Waals surface area contributed by atoms with E-state index in [-0.39, 0.29) is 30.9 Å². The Labute approximate surface area is 306 Å². The Kier molecular flexibility index (Phi) is 18.6. The van der Waals surface area contributed by atoms with Gasteiger partial charge >= 0.3 is 5.97 Å². The van der Waals surface area contributed by atoms with Crippen LogP contribution in [0.3, 0.4) is 0 Å². The van der Waals surface area contributed by atoms with E-state index in [9.17, 15) is 44.1 Å². The molecule has 0 radical (unpaired) electrons. The maximum absolute atomic E-state index is 13.9. The van der Waals surface area contributed by atoms with Crippen molar-refractivity contribution < 1.29 is 48.8 Å². The van der Waals surface area contributed by atoms with Crippen LogP contribution in [0.15, 0.2) is 24.3 Å². The quantitative estimate of drug-likeness (QED) is 0.106. The molecule has 5 amide bonds. The molecule has 1 heterocycles. The Balaban J connectivity index is 2.58. The summed E-state index contributed by atoms with van der Waals surface area (Å²) in [6, 6.07) is -0.936. The molecular formula is C37H59N5O10. The van der Waals surface area contributed by atoms with Gasteiger partial charge in [-0.05, 0) is 55.7 Å². The maximum atomic E-state index is 13.9. The summed E-state index contributed by atoms with van der Waals surface area (Å²) in [6.07, 6.45) is 2.34. The fourth-order valence-electron chi connectivity index (χ4n) is 5.79. The standard InChI is InChI=1S/C37H59N5O10/c1-7-8-9-10-11-12-26-19-30(46)38-27(17-21(2)3)33(47)40-29(20-43)35(49)42-32(23(6)44)36(50)39-28(18-24-13-15-25(45)16-14-24)34(48)41-31(22(4)5)37(51)52-26/h13-16,21-23,26-29,31-32,43-45H,7-12,17-20H2,1-6H3,(H,38,46)(H,39,50)(H,40,47)(H,41,48)(H,42,49). The fraction of sp³-hybridized carbons (Fsp3) is 0.676. The monoisotopic (exact) mass is 733 g/mol. The highest BCUT2D eigenvalue weighted by Crippen LogP contribution is 2.17. The van der Waals surface area contributed by atoms with Gasteiger partial charge in [-0.2, -0.15) is 0 Å². The first kappa shape index (κ1) is 43.9. The van der Waals surface area contributed by atoms with Crippen molar-refractivity contribution in [1.82, 2.24) is 26.6 Å². The van der Waals surface area contributed by atoms with Crippen molar-refractivity contribution in [2.75, 3.05) is 6.61 Å². The average Bonchev–Trinajstić information content (AvgIpc) is 3.07. The Morgan fingerprint density at radius 2 is 1.31 bits per heavy atom. The Bertz CT molecular complexity index is 1340. The van der Waals surface area contributed by atoms with Crippen LogP contribution in [0.2, 0.25) is 0 Å². The third kappa shape index (κ3) is 14.8. The Morgan fingerprint density at radius 1 is 0.731 bits per heavy atom. The first-order valence-electron chi connectivity index (χ1n) is 18.3. The molecule has 8 N–H and O–H groups in total. The number of esters is 1. The van der Waals surface area contributed by atoms with E-state index in [1.807, 2.05) is 13.8 Å². The highest BCUT2D eigenvalue weighted by atomic mass is 16.5. The van der Waals surface area contributed by atoms with Gasteiger partial charge in [0.2, 0.25) is 29.5 Å². The lowest BCUT2D eigenvalue weighted by Crippen LogP contribution is -2.62. The summed E-state index contributed by atoms with van der Waals surface area (Å²) in [6.45, 7) is 9.54. The first-order chi connectivity index (χ1) is 24.6. The van der Waals surface area contributed by atoms with Crippen molar-refractivity contribution in [2.45, 2.75) is 142 Å². The van der Waals surface area contributed by atoms with Gasteiger partial charge in [0.25, 0.3) is 0 Å². The van der Waals surface area contributed by atoms with Crippen LogP contribution in [0.5, 0.6) is 5.75 Å². The molecule has 1 fully saturated rings. The van der Waals surface area contributed by atoms with Crippen molar-refractivity contribution >= 4 is 35.5 Å². The average molecular weight is 734 g/mol. The highest BCUT2D eigenvalue weighted by Gasteiger charge is 2.36. The summed E-state index contributed by atoms with van der Waals surface area (Å²) in [5.74, 6) is -5.40. The van der Waals surface area contributed by atoms with Crippen LogP contribution in [-0.2, 0) is 39.9 Å². The van der Waals surface area contributed by atoms with Gasteiger partial charge in [0.1, 0.15) is 42.1 Å². The van der Waals surface area contributed by atoms with Crippen LogP contribution in [-0.4, -0.2) is 99.8 Å². The van der Waals surface area contributed by atoms with E-state index in [0.717, 1.165) is 25.7 Å². The molecule has 0 spiro atoms. The molecule has 52 heavy (non-hydrogen) atoms. The molecule has 1 aliphatic heterocycles. The smallest absolute Gasteiger partial charge is 0.329 e. The van der Waals surface area contributed by atoms with E-state index < -0.39 is 90.4 Å². The molecule has 7 unspecified atom stereocenters. The molecule has 0 aliphatic carbocycles. The number of amides is 5. The number of carbonyl (C=O) groups is 6. The van der Waals surface area contributed by atoms with E-state index in [2.05, 4.69) is 33.5 Å². The number of phenols is 1. The second kappa shape index (κ2) is 22.0. The van der Waals surface area contributed by atoms with Gasteiger partial charge in [-0.3, -0.25) is 24.0 Å². The summed E-state index contributed by atoms with van der Waals surface area (Å²) in [5, 5.41) is 43.0. The predicted octanol–water partition coefficient (Wildman–Crippen LogP) is 1.11. The molecule has 292 valence electrons. The van der Waals surface area contributed by atoms with Crippen LogP contribution in [0.4, 0.5) is 0 Å². The van der Waals surface area contributed by atoms with E-state index in [1.54, 1.807) is 26.0 Å². The lowest BCUT2D eigenvalue weighted by molar-refractivity contribution is -0.156. The second-order valence-electron chi connectivity index (χ2n) is 14.3. The molecule has 7 atom stereocenters. The van der Waals surface area contributed by atoms with E-state index in [4.69, 9.17) is 4.74 Å². The molecule has 1 aromatic rings. The number of aliphatic hydroxyl groups is 2. The number of aromatic hydroxyl groups is 1. The number of unbranched alkanes of at least 4 members (excludes halogenated alkanes) is 4. The zero-order valence-electron chi connectivity index (χ0n) is 31.3. The molecule has 0 aromatic heterocycles. The van der Waals surface area contributed by atoms with Gasteiger partial charge in [0.05, 0.1) is 19.1 Å². The predicted molar refractivity (Wildman–Crippen MR) is 192 cm³/mol. The van der Waals surface area contributed by atoms with Gasteiger partial charge in [-0.15, -0.1) is 0 Å². The number of hydrogen-bond acceptors (Lipinski definition) is 10. The highest BCUT2D eigenvalue weighted by molar-refractivity contribution is 5.96. The third-order valence-corrected chi connectivity index (χ3v) is 8.79. The maximum Gasteiger partial charge on any atom is 0.329 e. The topological polar surface area (TPSA) is 232 Å². The van der Waals surface area contributed by atoms with Crippen molar-refractivity contribution in [2.24, 2.45) is 11.8 Å². The van der Waals surface area contributed by atoms with Crippen molar-refractivity contribution in [3.05, 3.63) is 29.8 Å². The minimum absolute atomic E-state index is 0.0214.